The van der Waals surface area contributed by atoms with Gasteiger partial charge in [0.15, 0.2) is 17.4 Å². The van der Waals surface area contributed by atoms with E-state index in [9.17, 15) is 28.8 Å². The second-order valence-electron chi connectivity index (χ2n) is 18.0. The van der Waals surface area contributed by atoms with Crippen molar-refractivity contribution in [3.05, 3.63) is 80.7 Å². The number of amides is 4. The fourth-order valence-electron chi connectivity index (χ4n) is 9.70. The fraction of sp³-hybridized carbons (Fsp3) is 0.489. The van der Waals surface area contributed by atoms with Crippen LogP contribution in [0.2, 0.25) is 5.02 Å². The van der Waals surface area contributed by atoms with Gasteiger partial charge in [0.1, 0.15) is 23.3 Å². The first-order chi connectivity index (χ1) is 31.2. The molecule has 342 valence electrons. The van der Waals surface area contributed by atoms with Crippen LogP contribution in [0.1, 0.15) is 111 Å². The average Bonchev–Trinajstić information content (AvgIpc) is 3.52. The Morgan fingerprint density at radius 1 is 0.954 bits per heavy atom. The summed E-state index contributed by atoms with van der Waals surface area (Å²) in [6.45, 7) is 7.94. The number of imide groups is 2. The van der Waals surface area contributed by atoms with Gasteiger partial charge in [0, 0.05) is 62.2 Å². The van der Waals surface area contributed by atoms with E-state index >= 15 is 4.39 Å². The predicted octanol–water partition coefficient (Wildman–Crippen LogP) is 6.01. The molecule has 0 spiro atoms. The number of ketones is 1. The van der Waals surface area contributed by atoms with E-state index in [1.54, 1.807) is 29.8 Å². The van der Waals surface area contributed by atoms with Crippen molar-refractivity contribution >= 4 is 69.4 Å². The molecular formula is C47H52ClFN8O8. The molecule has 4 fully saturated rings. The van der Waals surface area contributed by atoms with Crippen LogP contribution >= 0.6 is 11.6 Å². The molecule has 4 aliphatic heterocycles. The Bertz CT molecular complexity index is 2640. The van der Waals surface area contributed by atoms with Crippen molar-refractivity contribution in [1.29, 1.82) is 0 Å². The van der Waals surface area contributed by atoms with Gasteiger partial charge in [0.2, 0.25) is 17.8 Å². The number of alkyl halides is 1. The number of carbonyl (C=O) groups excluding carboxylic acids is 5. The quantitative estimate of drug-likeness (QED) is 0.149. The van der Waals surface area contributed by atoms with Gasteiger partial charge in [-0.3, -0.25) is 43.9 Å². The zero-order valence-corrected chi connectivity index (χ0v) is 37.4. The molecule has 65 heavy (non-hydrogen) atoms. The molecule has 16 nitrogen and oxygen atoms in total. The third-order valence-corrected chi connectivity index (χ3v) is 13.8. The fourth-order valence-corrected chi connectivity index (χ4v) is 9.84. The van der Waals surface area contributed by atoms with Crippen LogP contribution in [0.25, 0.3) is 10.9 Å². The molecule has 4 aromatic rings. The standard InChI is InChI=1S/C47H52ClFN8O8/c1-4-31(58)25-64-39-20-27-19-29(6-8-37(27)56(26(2)3)45(39)63)51-41-36(48)24-50-46(53-41)55-15-11-32(12-16-55)65-33-22-30(23-33)54-17-13-47(49,14-18-54)28-5-7-34-35(21-28)44(62)57(43(34)61)38-9-10-40(59)52-42(38)60/h5-8,19-21,24,26,30,32-33,38H,4,9-18,22-23,25H2,1-3H3,(H,50,51,53)(H,52,59,60). The highest BCUT2D eigenvalue weighted by atomic mass is 35.5. The lowest BCUT2D eigenvalue weighted by Gasteiger charge is -2.48. The van der Waals surface area contributed by atoms with Gasteiger partial charge in [0.05, 0.1) is 35.0 Å². The summed E-state index contributed by atoms with van der Waals surface area (Å²) < 4.78 is 30.4. The molecule has 1 saturated carbocycles. The predicted molar refractivity (Wildman–Crippen MR) is 240 cm³/mol. The highest BCUT2D eigenvalue weighted by Gasteiger charge is 2.47. The number of Topliss-reactive ketones (excluding diaryl/α,β-unsaturated/α-hetero) is 1. The van der Waals surface area contributed by atoms with Crippen molar-refractivity contribution in [2.75, 3.05) is 43.0 Å². The summed E-state index contributed by atoms with van der Waals surface area (Å²) in [4.78, 5) is 90.5. The number of piperidine rings is 3. The van der Waals surface area contributed by atoms with Crippen LogP contribution in [-0.2, 0) is 24.8 Å². The first-order valence-electron chi connectivity index (χ1n) is 22.5. The average molecular weight is 911 g/mol. The van der Waals surface area contributed by atoms with Crippen molar-refractivity contribution in [2.24, 2.45) is 0 Å². The number of hydrogen-bond donors (Lipinski definition) is 2. The molecule has 1 aliphatic carbocycles. The molecule has 1 unspecified atom stereocenters. The number of ether oxygens (including phenoxy) is 2. The van der Waals surface area contributed by atoms with Gasteiger partial charge in [0.25, 0.3) is 17.4 Å². The molecule has 5 aliphatic rings. The van der Waals surface area contributed by atoms with E-state index in [0.29, 0.717) is 66.7 Å². The van der Waals surface area contributed by atoms with Crippen LogP contribution in [0.5, 0.6) is 5.75 Å². The summed E-state index contributed by atoms with van der Waals surface area (Å²) in [6.07, 6.45) is 6.07. The summed E-state index contributed by atoms with van der Waals surface area (Å²) in [6, 6.07) is 10.9. The number of rotatable bonds is 13. The summed E-state index contributed by atoms with van der Waals surface area (Å²) in [5.41, 5.74) is 0.0585. The van der Waals surface area contributed by atoms with E-state index in [1.165, 1.54) is 12.1 Å². The molecule has 18 heteroatoms. The Morgan fingerprint density at radius 2 is 1.69 bits per heavy atom. The van der Waals surface area contributed by atoms with E-state index < -0.39 is 35.3 Å². The van der Waals surface area contributed by atoms with E-state index in [1.807, 2.05) is 32.0 Å². The number of benzene rings is 2. The minimum atomic E-state index is -1.66. The third kappa shape index (κ3) is 8.73. The molecule has 4 amide bonds. The molecule has 6 heterocycles. The Kier molecular flexibility index (Phi) is 12.2. The van der Waals surface area contributed by atoms with E-state index in [2.05, 4.69) is 25.4 Å². The number of halogens is 2. The van der Waals surface area contributed by atoms with Crippen molar-refractivity contribution in [1.82, 2.24) is 29.7 Å². The topological polar surface area (TPSA) is 185 Å². The number of likely N-dealkylation sites (tertiary alicyclic amines) is 1. The number of aromatic nitrogens is 3. The first kappa shape index (κ1) is 44.4. The van der Waals surface area contributed by atoms with Crippen molar-refractivity contribution < 1.29 is 37.8 Å². The number of hydrogen-bond acceptors (Lipinski definition) is 13. The Morgan fingerprint density at radius 3 is 2.40 bits per heavy atom. The summed E-state index contributed by atoms with van der Waals surface area (Å²) in [5, 5.41) is 6.62. The number of nitrogens with one attached hydrogen (secondary N) is 2. The second kappa shape index (κ2) is 17.9. The van der Waals surface area contributed by atoms with Crippen LogP contribution in [0.4, 0.5) is 21.8 Å². The zero-order chi connectivity index (χ0) is 45.7. The number of anilines is 3. The van der Waals surface area contributed by atoms with E-state index in [-0.39, 0.29) is 78.8 Å². The van der Waals surface area contributed by atoms with Gasteiger partial charge < -0.3 is 24.3 Å². The molecule has 0 bridgehead atoms. The van der Waals surface area contributed by atoms with Crippen molar-refractivity contribution in [2.45, 2.75) is 115 Å². The third-order valence-electron chi connectivity index (χ3n) is 13.5. The SMILES string of the molecule is CCC(=O)COc1cc2cc(Nc3nc(N4CCC(OC5CC(N6CCC(F)(c7ccc8c(c7)C(=O)N(C7CCC(=O)NC7=O)C8=O)CC6)C5)CC4)ncc3Cl)ccc2n(C(C)C)c1=O. The number of carbonyl (C=O) groups is 5. The van der Waals surface area contributed by atoms with E-state index in [4.69, 9.17) is 26.1 Å². The van der Waals surface area contributed by atoms with Crippen LogP contribution in [0.3, 0.4) is 0 Å². The Hall–Kier alpha value is -5.78. The maximum absolute atomic E-state index is 16.5. The van der Waals surface area contributed by atoms with Gasteiger partial charge in [-0.1, -0.05) is 24.6 Å². The summed E-state index contributed by atoms with van der Waals surface area (Å²) in [5.74, 6) is -1.36. The molecule has 9 rings (SSSR count). The number of nitrogens with zero attached hydrogens (tertiary/aromatic N) is 6. The van der Waals surface area contributed by atoms with Gasteiger partial charge in [-0.25, -0.2) is 9.37 Å². The molecular weight excluding hydrogens is 859 g/mol. The lowest BCUT2D eigenvalue weighted by atomic mass is 9.81. The smallest absolute Gasteiger partial charge is 0.293 e. The first-order valence-corrected chi connectivity index (χ1v) is 22.9. The Labute approximate surface area is 379 Å². The van der Waals surface area contributed by atoms with Crippen LogP contribution in [0, 0.1) is 0 Å². The van der Waals surface area contributed by atoms with Gasteiger partial charge in [-0.05, 0) is 101 Å². The van der Waals surface area contributed by atoms with E-state index in [0.717, 1.165) is 41.5 Å². The summed E-state index contributed by atoms with van der Waals surface area (Å²) >= 11 is 6.59. The number of fused-ring (bicyclic) bond motifs is 2. The molecule has 3 saturated heterocycles. The zero-order valence-electron chi connectivity index (χ0n) is 36.6. The largest absolute Gasteiger partial charge is 0.480 e. The van der Waals surface area contributed by atoms with Crippen LogP contribution in [-0.4, -0.2) is 111 Å². The van der Waals surface area contributed by atoms with Crippen LogP contribution in [0.15, 0.2) is 53.5 Å². The summed E-state index contributed by atoms with van der Waals surface area (Å²) in [7, 11) is 0. The molecule has 0 radical (unpaired) electrons. The maximum Gasteiger partial charge on any atom is 0.293 e. The van der Waals surface area contributed by atoms with Gasteiger partial charge in [-0.15, -0.1) is 0 Å². The Balaban J connectivity index is 0.754. The lowest BCUT2D eigenvalue weighted by Crippen LogP contribution is -2.54. The van der Waals surface area contributed by atoms with Crippen molar-refractivity contribution in [3.8, 4) is 5.75 Å². The van der Waals surface area contributed by atoms with Gasteiger partial charge >= 0.3 is 0 Å². The normalized spacial score (nSPS) is 22.6. The maximum atomic E-state index is 16.5. The lowest BCUT2D eigenvalue weighted by molar-refractivity contribution is -0.136. The highest BCUT2D eigenvalue weighted by molar-refractivity contribution is 6.33. The van der Waals surface area contributed by atoms with Gasteiger partial charge in [-0.2, -0.15) is 4.98 Å². The molecule has 2 aromatic heterocycles. The van der Waals surface area contributed by atoms with Crippen LogP contribution < -0.4 is 25.8 Å². The monoisotopic (exact) mass is 910 g/mol. The van der Waals surface area contributed by atoms with Crippen molar-refractivity contribution in [3.63, 3.8) is 0 Å². The highest BCUT2D eigenvalue weighted by Crippen LogP contribution is 2.42. The minimum absolute atomic E-state index is 0.0289. The molecule has 1 atom stereocenters. The number of pyridine rings is 1. The second-order valence-corrected chi connectivity index (χ2v) is 18.4. The molecule has 2 N–H and O–H groups in total. The minimum Gasteiger partial charge on any atom is -0.480 e. The molecule has 2 aromatic carbocycles.